The van der Waals surface area contributed by atoms with Gasteiger partial charge >= 0.3 is 0 Å². The molecule has 2 N–H and O–H groups in total. The zero-order valence-corrected chi connectivity index (χ0v) is 10.1. The SMILES string of the molecule is CC1CN(C)CCN1c1nc(N)nc(Cl)n1. The number of nitrogens with zero attached hydrogens (tertiary/aromatic N) is 5. The largest absolute Gasteiger partial charge is 0.368 e. The molecular weight excluding hydrogens is 228 g/mol. The fraction of sp³-hybridized carbons (Fsp3) is 0.667. The third-order valence-corrected chi connectivity index (χ3v) is 2.87. The van der Waals surface area contributed by atoms with Gasteiger partial charge < -0.3 is 15.5 Å². The molecule has 0 bridgehead atoms. The van der Waals surface area contributed by atoms with Crippen molar-refractivity contribution >= 4 is 23.5 Å². The predicted molar refractivity (Wildman–Crippen MR) is 63.6 cm³/mol. The van der Waals surface area contributed by atoms with Gasteiger partial charge in [-0.1, -0.05) is 0 Å². The molecule has 1 atom stereocenters. The summed E-state index contributed by atoms with van der Waals surface area (Å²) in [6, 6.07) is 0.344. The predicted octanol–water partition coefficient (Wildman–Crippen LogP) is 0.247. The quantitative estimate of drug-likeness (QED) is 0.761. The molecule has 0 aliphatic carbocycles. The molecule has 2 heterocycles. The van der Waals surface area contributed by atoms with Crippen LogP contribution in [0.3, 0.4) is 0 Å². The summed E-state index contributed by atoms with van der Waals surface area (Å²) in [5.41, 5.74) is 5.56. The Hall–Kier alpha value is -1.14. The summed E-state index contributed by atoms with van der Waals surface area (Å²) in [5, 5.41) is 0.147. The van der Waals surface area contributed by atoms with Crippen LogP contribution in [0.2, 0.25) is 5.28 Å². The lowest BCUT2D eigenvalue weighted by Crippen LogP contribution is -2.51. The lowest BCUT2D eigenvalue weighted by molar-refractivity contribution is 0.273. The number of rotatable bonds is 1. The normalized spacial score (nSPS) is 22.4. The van der Waals surface area contributed by atoms with Crippen molar-refractivity contribution < 1.29 is 0 Å². The van der Waals surface area contributed by atoms with Crippen molar-refractivity contribution in [3.05, 3.63) is 5.28 Å². The minimum Gasteiger partial charge on any atom is -0.368 e. The number of likely N-dealkylation sites (N-methyl/N-ethyl adjacent to an activating group) is 1. The number of halogens is 1. The van der Waals surface area contributed by atoms with Gasteiger partial charge in [-0.25, -0.2) is 0 Å². The lowest BCUT2D eigenvalue weighted by Gasteiger charge is -2.38. The molecule has 1 aromatic rings. The average molecular weight is 243 g/mol. The Morgan fingerprint density at radius 2 is 2.06 bits per heavy atom. The van der Waals surface area contributed by atoms with Crippen LogP contribution in [-0.2, 0) is 0 Å². The van der Waals surface area contributed by atoms with Crippen molar-refractivity contribution in [1.29, 1.82) is 0 Å². The summed E-state index contributed by atoms with van der Waals surface area (Å²) in [4.78, 5) is 16.3. The van der Waals surface area contributed by atoms with E-state index >= 15 is 0 Å². The van der Waals surface area contributed by atoms with E-state index in [1.54, 1.807) is 0 Å². The Labute approximate surface area is 99.4 Å². The maximum atomic E-state index is 5.77. The van der Waals surface area contributed by atoms with Crippen molar-refractivity contribution in [2.45, 2.75) is 13.0 Å². The fourth-order valence-electron chi connectivity index (χ4n) is 1.92. The van der Waals surface area contributed by atoms with Crippen LogP contribution in [0.1, 0.15) is 6.92 Å². The summed E-state index contributed by atoms with van der Waals surface area (Å²) < 4.78 is 0. The van der Waals surface area contributed by atoms with E-state index in [-0.39, 0.29) is 11.2 Å². The molecule has 88 valence electrons. The number of nitrogens with two attached hydrogens (primary N) is 1. The van der Waals surface area contributed by atoms with Gasteiger partial charge in [-0.2, -0.15) is 15.0 Å². The zero-order valence-electron chi connectivity index (χ0n) is 9.39. The van der Waals surface area contributed by atoms with Crippen LogP contribution in [0, 0.1) is 0 Å². The molecular formula is C9H15ClN6. The first-order valence-corrected chi connectivity index (χ1v) is 5.56. The van der Waals surface area contributed by atoms with Gasteiger partial charge in [0.25, 0.3) is 0 Å². The summed E-state index contributed by atoms with van der Waals surface area (Å²) in [7, 11) is 2.10. The number of hydrogen-bond donors (Lipinski definition) is 1. The van der Waals surface area contributed by atoms with E-state index in [0.29, 0.717) is 12.0 Å². The molecule has 16 heavy (non-hydrogen) atoms. The third-order valence-electron chi connectivity index (χ3n) is 2.70. The molecule has 0 aromatic carbocycles. The number of piperazine rings is 1. The smallest absolute Gasteiger partial charge is 0.231 e. The van der Waals surface area contributed by atoms with Crippen molar-refractivity contribution in [2.24, 2.45) is 0 Å². The number of anilines is 2. The van der Waals surface area contributed by atoms with Crippen LogP contribution in [0.25, 0.3) is 0 Å². The molecule has 1 fully saturated rings. The average Bonchev–Trinajstić information content (AvgIpc) is 2.15. The minimum absolute atomic E-state index is 0.147. The van der Waals surface area contributed by atoms with Crippen LogP contribution in [0.4, 0.5) is 11.9 Å². The van der Waals surface area contributed by atoms with E-state index in [9.17, 15) is 0 Å². The highest BCUT2D eigenvalue weighted by atomic mass is 35.5. The second-order valence-electron chi connectivity index (χ2n) is 4.07. The molecule has 0 spiro atoms. The second kappa shape index (κ2) is 4.39. The first-order chi connectivity index (χ1) is 7.56. The van der Waals surface area contributed by atoms with E-state index in [0.717, 1.165) is 19.6 Å². The monoisotopic (exact) mass is 242 g/mol. The minimum atomic E-state index is 0.147. The maximum Gasteiger partial charge on any atom is 0.231 e. The van der Waals surface area contributed by atoms with Gasteiger partial charge in [-0.05, 0) is 25.6 Å². The number of nitrogen functional groups attached to an aromatic ring is 1. The summed E-state index contributed by atoms with van der Waals surface area (Å²) >= 11 is 5.77. The molecule has 6 nitrogen and oxygen atoms in total. The van der Waals surface area contributed by atoms with Crippen LogP contribution >= 0.6 is 11.6 Å². The highest BCUT2D eigenvalue weighted by Gasteiger charge is 2.24. The van der Waals surface area contributed by atoms with Crippen LogP contribution < -0.4 is 10.6 Å². The molecule has 7 heteroatoms. The van der Waals surface area contributed by atoms with Gasteiger partial charge in [0.15, 0.2) is 0 Å². The lowest BCUT2D eigenvalue weighted by atomic mass is 10.2. The Bertz CT molecular complexity index is 364. The molecule has 0 radical (unpaired) electrons. The molecule has 0 amide bonds. The van der Waals surface area contributed by atoms with Gasteiger partial charge in [0, 0.05) is 25.7 Å². The van der Waals surface area contributed by atoms with Crippen molar-refractivity contribution in [3.63, 3.8) is 0 Å². The number of hydrogen-bond acceptors (Lipinski definition) is 6. The van der Waals surface area contributed by atoms with Gasteiger partial charge in [-0.3, -0.25) is 0 Å². The van der Waals surface area contributed by atoms with Crippen LogP contribution in [0.15, 0.2) is 0 Å². The van der Waals surface area contributed by atoms with E-state index in [1.165, 1.54) is 0 Å². The molecule has 2 rings (SSSR count). The molecule has 1 aliphatic heterocycles. The summed E-state index contributed by atoms with van der Waals surface area (Å²) in [5.74, 6) is 0.735. The Balaban J connectivity index is 2.23. The van der Waals surface area contributed by atoms with E-state index in [2.05, 4.69) is 38.7 Å². The Kier molecular flexibility index (Phi) is 3.11. The fourth-order valence-corrected chi connectivity index (χ4v) is 2.08. The van der Waals surface area contributed by atoms with Gasteiger partial charge in [-0.15, -0.1) is 0 Å². The topological polar surface area (TPSA) is 71.2 Å². The molecule has 1 aliphatic rings. The van der Waals surface area contributed by atoms with Crippen molar-refractivity contribution in [1.82, 2.24) is 19.9 Å². The van der Waals surface area contributed by atoms with Crippen LogP contribution in [-0.4, -0.2) is 52.6 Å². The highest BCUT2D eigenvalue weighted by Crippen LogP contribution is 2.17. The third kappa shape index (κ3) is 2.33. The van der Waals surface area contributed by atoms with E-state index in [4.69, 9.17) is 17.3 Å². The first-order valence-electron chi connectivity index (χ1n) is 5.18. The number of aromatic nitrogens is 3. The Morgan fingerprint density at radius 1 is 1.31 bits per heavy atom. The maximum absolute atomic E-state index is 5.77. The van der Waals surface area contributed by atoms with Gasteiger partial charge in [0.05, 0.1) is 0 Å². The molecule has 0 saturated carbocycles. The molecule has 1 aromatic heterocycles. The molecule has 1 saturated heterocycles. The van der Waals surface area contributed by atoms with Crippen molar-refractivity contribution in [2.75, 3.05) is 37.3 Å². The highest BCUT2D eigenvalue weighted by molar-refractivity contribution is 6.28. The Morgan fingerprint density at radius 3 is 2.69 bits per heavy atom. The van der Waals surface area contributed by atoms with Crippen LogP contribution in [0.5, 0.6) is 0 Å². The van der Waals surface area contributed by atoms with E-state index in [1.807, 2.05) is 0 Å². The van der Waals surface area contributed by atoms with Gasteiger partial charge in [0.1, 0.15) is 0 Å². The van der Waals surface area contributed by atoms with Gasteiger partial charge in [0.2, 0.25) is 17.2 Å². The van der Waals surface area contributed by atoms with E-state index < -0.39 is 0 Å². The van der Waals surface area contributed by atoms with Crippen molar-refractivity contribution in [3.8, 4) is 0 Å². The molecule has 1 unspecified atom stereocenters. The summed E-state index contributed by atoms with van der Waals surface area (Å²) in [6.45, 7) is 4.96. The standard InChI is InChI=1S/C9H15ClN6/c1-6-5-15(2)3-4-16(6)9-13-7(10)12-8(11)14-9/h6H,3-5H2,1-2H3,(H2,11,12,13,14). The second-order valence-corrected chi connectivity index (χ2v) is 4.41. The first kappa shape index (κ1) is 11.3. The summed E-state index contributed by atoms with van der Waals surface area (Å²) in [6.07, 6.45) is 0. The zero-order chi connectivity index (χ0) is 11.7.